The maximum atomic E-state index is 12.1. The van der Waals surface area contributed by atoms with Crippen molar-refractivity contribution in [1.82, 2.24) is 0 Å². The van der Waals surface area contributed by atoms with Gasteiger partial charge in [-0.15, -0.1) is 0 Å². The minimum absolute atomic E-state index is 0.410. The fourth-order valence-electron chi connectivity index (χ4n) is 2.76. The van der Waals surface area contributed by atoms with E-state index in [-0.39, 0.29) is 0 Å². The Labute approximate surface area is 142 Å². The molecule has 0 unspecified atom stereocenters. The van der Waals surface area contributed by atoms with Crippen LogP contribution in [-0.2, 0) is 4.84 Å². The Bertz CT molecular complexity index is 758. The van der Waals surface area contributed by atoms with Crippen LogP contribution in [0, 0.1) is 6.92 Å². The highest BCUT2D eigenvalue weighted by Gasteiger charge is 2.15. The third-order valence-corrected chi connectivity index (χ3v) is 4.15. The average molecular weight is 319 g/mol. The monoisotopic (exact) mass is 319 g/mol. The van der Waals surface area contributed by atoms with Gasteiger partial charge in [-0.05, 0) is 62.0 Å². The van der Waals surface area contributed by atoms with Crippen LogP contribution >= 0.6 is 0 Å². The van der Waals surface area contributed by atoms with Crippen LogP contribution in [-0.4, -0.2) is 11.7 Å². The Morgan fingerprint density at radius 3 is 2.46 bits per heavy atom. The smallest absolute Gasteiger partial charge is 0.313 e. The van der Waals surface area contributed by atoms with Crippen LogP contribution in [0.5, 0.6) is 0 Å². The molecule has 0 N–H and O–H groups in total. The Morgan fingerprint density at radius 1 is 1.00 bits per heavy atom. The Balaban J connectivity index is 1.75. The molecule has 122 valence electrons. The summed E-state index contributed by atoms with van der Waals surface area (Å²) in [5.41, 5.74) is 4.81. The quantitative estimate of drug-likeness (QED) is 0.578. The molecular formula is C21H21NO2. The molecule has 0 radical (unpaired) electrons. The second kappa shape index (κ2) is 7.73. The molecule has 0 aliphatic heterocycles. The van der Waals surface area contributed by atoms with Crippen molar-refractivity contribution >= 4 is 17.8 Å². The summed E-state index contributed by atoms with van der Waals surface area (Å²) in [4.78, 5) is 17.3. The standard InChI is InChI=1S/C21H21NO2/c1-16-11-13-18(14-12-16)21(23)24-22-20-10-6-5-9-19(20)15-17-7-3-2-4-8-17/h2-4,7-8,11-15H,5-6,9-10H2,1H3/b19-15-,22-20+. The lowest BCUT2D eigenvalue weighted by molar-refractivity contribution is 0.0515. The normalized spacial score (nSPS) is 17.9. The molecule has 1 saturated carbocycles. The topological polar surface area (TPSA) is 38.7 Å². The zero-order valence-electron chi connectivity index (χ0n) is 13.9. The number of hydrogen-bond donors (Lipinski definition) is 0. The Hall–Kier alpha value is -2.68. The Kier molecular flexibility index (Phi) is 5.22. The van der Waals surface area contributed by atoms with Gasteiger partial charge in [-0.1, -0.05) is 53.2 Å². The van der Waals surface area contributed by atoms with Gasteiger partial charge in [0.25, 0.3) is 0 Å². The lowest BCUT2D eigenvalue weighted by Crippen LogP contribution is -2.11. The summed E-state index contributed by atoms with van der Waals surface area (Å²) < 4.78 is 0. The van der Waals surface area contributed by atoms with Crippen LogP contribution in [0.4, 0.5) is 0 Å². The van der Waals surface area contributed by atoms with Crippen molar-refractivity contribution in [2.24, 2.45) is 5.16 Å². The van der Waals surface area contributed by atoms with Gasteiger partial charge in [0.1, 0.15) is 0 Å². The van der Waals surface area contributed by atoms with E-state index in [0.29, 0.717) is 5.56 Å². The van der Waals surface area contributed by atoms with Gasteiger partial charge in [0.05, 0.1) is 11.3 Å². The fourth-order valence-corrected chi connectivity index (χ4v) is 2.76. The van der Waals surface area contributed by atoms with E-state index in [1.807, 2.05) is 37.3 Å². The van der Waals surface area contributed by atoms with Crippen LogP contribution in [0.3, 0.4) is 0 Å². The van der Waals surface area contributed by atoms with E-state index < -0.39 is 5.97 Å². The molecule has 0 saturated heterocycles. The summed E-state index contributed by atoms with van der Waals surface area (Å²) in [5, 5.41) is 4.16. The van der Waals surface area contributed by atoms with Crippen molar-refractivity contribution in [3.8, 4) is 0 Å². The van der Waals surface area contributed by atoms with Crippen LogP contribution in [0.2, 0.25) is 0 Å². The summed E-state index contributed by atoms with van der Waals surface area (Å²) in [5.74, 6) is -0.410. The Morgan fingerprint density at radius 2 is 1.71 bits per heavy atom. The van der Waals surface area contributed by atoms with Gasteiger partial charge in [0.2, 0.25) is 0 Å². The largest absolute Gasteiger partial charge is 0.365 e. The molecular weight excluding hydrogens is 298 g/mol. The number of aryl methyl sites for hydroxylation is 1. The molecule has 0 spiro atoms. The zero-order chi connectivity index (χ0) is 16.8. The lowest BCUT2D eigenvalue weighted by atomic mass is 9.91. The van der Waals surface area contributed by atoms with E-state index in [4.69, 9.17) is 4.84 Å². The minimum atomic E-state index is -0.410. The van der Waals surface area contributed by atoms with E-state index in [9.17, 15) is 4.79 Å². The van der Waals surface area contributed by atoms with Crippen molar-refractivity contribution in [1.29, 1.82) is 0 Å². The van der Waals surface area contributed by atoms with Crippen LogP contribution in [0.15, 0.2) is 65.3 Å². The van der Waals surface area contributed by atoms with E-state index in [1.54, 1.807) is 12.1 Å². The van der Waals surface area contributed by atoms with Crippen molar-refractivity contribution in [2.45, 2.75) is 32.6 Å². The molecule has 0 bridgehead atoms. The first kappa shape index (κ1) is 16.2. The van der Waals surface area contributed by atoms with E-state index in [1.165, 1.54) is 0 Å². The second-order valence-electron chi connectivity index (χ2n) is 6.07. The number of benzene rings is 2. The number of carbonyl (C=O) groups is 1. The molecule has 24 heavy (non-hydrogen) atoms. The minimum Gasteiger partial charge on any atom is -0.313 e. The highest BCUT2D eigenvalue weighted by atomic mass is 16.7. The molecule has 0 atom stereocenters. The van der Waals surface area contributed by atoms with Gasteiger partial charge in [-0.25, -0.2) is 4.79 Å². The van der Waals surface area contributed by atoms with Gasteiger partial charge in [0, 0.05) is 0 Å². The first-order valence-electron chi connectivity index (χ1n) is 8.33. The molecule has 3 nitrogen and oxygen atoms in total. The van der Waals surface area contributed by atoms with Crippen molar-refractivity contribution in [2.75, 3.05) is 0 Å². The number of allylic oxidation sites excluding steroid dienone is 1. The zero-order valence-corrected chi connectivity index (χ0v) is 13.9. The van der Waals surface area contributed by atoms with Crippen LogP contribution in [0.25, 0.3) is 6.08 Å². The average Bonchev–Trinajstić information content (AvgIpc) is 2.62. The molecule has 0 amide bonds. The predicted molar refractivity (Wildman–Crippen MR) is 96.9 cm³/mol. The third kappa shape index (κ3) is 4.19. The summed E-state index contributed by atoms with van der Waals surface area (Å²) in [7, 11) is 0. The second-order valence-corrected chi connectivity index (χ2v) is 6.07. The van der Waals surface area contributed by atoms with Gasteiger partial charge in [-0.3, -0.25) is 0 Å². The molecule has 1 aliphatic carbocycles. The fraction of sp³-hybridized carbons (Fsp3) is 0.238. The molecule has 1 aliphatic rings. The van der Waals surface area contributed by atoms with Gasteiger partial charge < -0.3 is 4.84 Å². The maximum Gasteiger partial charge on any atom is 0.365 e. The molecule has 0 heterocycles. The van der Waals surface area contributed by atoms with Crippen molar-refractivity contribution in [3.05, 3.63) is 76.9 Å². The summed E-state index contributed by atoms with van der Waals surface area (Å²) in [6.07, 6.45) is 6.17. The summed E-state index contributed by atoms with van der Waals surface area (Å²) in [6, 6.07) is 17.5. The molecule has 3 heteroatoms. The van der Waals surface area contributed by atoms with Crippen LogP contribution < -0.4 is 0 Å². The van der Waals surface area contributed by atoms with E-state index in [0.717, 1.165) is 48.1 Å². The summed E-state index contributed by atoms with van der Waals surface area (Å²) in [6.45, 7) is 1.98. The SMILES string of the molecule is Cc1ccc(C(=O)O/N=C2\CCCC\C2=C\c2ccccc2)cc1. The van der Waals surface area contributed by atoms with E-state index in [2.05, 4.69) is 23.4 Å². The number of nitrogens with zero attached hydrogens (tertiary/aromatic N) is 1. The highest BCUT2D eigenvalue weighted by molar-refractivity contribution is 6.04. The highest BCUT2D eigenvalue weighted by Crippen LogP contribution is 2.23. The predicted octanol–water partition coefficient (Wildman–Crippen LogP) is 5.17. The molecule has 3 rings (SSSR count). The molecule has 2 aromatic carbocycles. The number of carbonyl (C=O) groups excluding carboxylic acids is 1. The number of rotatable bonds is 3. The first-order valence-corrected chi connectivity index (χ1v) is 8.33. The van der Waals surface area contributed by atoms with Gasteiger partial charge >= 0.3 is 5.97 Å². The maximum absolute atomic E-state index is 12.1. The van der Waals surface area contributed by atoms with Crippen LogP contribution in [0.1, 0.15) is 47.2 Å². The number of oxime groups is 1. The molecule has 2 aromatic rings. The molecule has 1 fully saturated rings. The van der Waals surface area contributed by atoms with Crippen molar-refractivity contribution in [3.63, 3.8) is 0 Å². The lowest BCUT2D eigenvalue weighted by Gasteiger charge is -2.16. The third-order valence-electron chi connectivity index (χ3n) is 4.15. The number of hydrogen-bond acceptors (Lipinski definition) is 3. The van der Waals surface area contributed by atoms with Gasteiger partial charge in [-0.2, -0.15) is 0 Å². The van der Waals surface area contributed by atoms with Crippen molar-refractivity contribution < 1.29 is 9.63 Å². The molecule has 0 aromatic heterocycles. The van der Waals surface area contributed by atoms with E-state index >= 15 is 0 Å². The van der Waals surface area contributed by atoms with Gasteiger partial charge in [0.15, 0.2) is 0 Å². The summed E-state index contributed by atoms with van der Waals surface area (Å²) >= 11 is 0. The first-order chi connectivity index (χ1) is 11.7.